The molecule has 3 nitrogen and oxygen atoms in total. The Labute approximate surface area is 72.1 Å². The molecule has 1 aliphatic rings. The number of rotatable bonds is 1. The SMILES string of the molecule is CC1(C)CC(S(=O)(=O)F)CCO1. The lowest BCUT2D eigenvalue weighted by Crippen LogP contribution is -2.39. The highest BCUT2D eigenvalue weighted by Gasteiger charge is 2.36. The van der Waals surface area contributed by atoms with Crippen LogP contribution in [0.15, 0.2) is 0 Å². The molecular formula is C7H13FO3S. The van der Waals surface area contributed by atoms with Crippen molar-refractivity contribution in [2.24, 2.45) is 0 Å². The fourth-order valence-electron chi connectivity index (χ4n) is 1.42. The predicted octanol–water partition coefficient (Wildman–Crippen LogP) is 1.24. The second kappa shape index (κ2) is 2.96. The number of hydrogen-bond donors (Lipinski definition) is 0. The van der Waals surface area contributed by atoms with Crippen LogP contribution in [0.1, 0.15) is 26.7 Å². The van der Waals surface area contributed by atoms with Crippen LogP contribution in [-0.2, 0) is 15.0 Å². The van der Waals surface area contributed by atoms with E-state index < -0.39 is 21.1 Å². The summed E-state index contributed by atoms with van der Waals surface area (Å²) in [5.74, 6) is 0. The lowest BCUT2D eigenvalue weighted by Gasteiger charge is -2.33. The first-order valence-corrected chi connectivity index (χ1v) is 5.33. The first-order chi connectivity index (χ1) is 5.31. The van der Waals surface area contributed by atoms with Crippen LogP contribution in [0.2, 0.25) is 0 Å². The van der Waals surface area contributed by atoms with Crippen molar-refractivity contribution in [2.75, 3.05) is 6.61 Å². The molecule has 0 N–H and O–H groups in total. The molecule has 5 heteroatoms. The smallest absolute Gasteiger partial charge is 0.305 e. The summed E-state index contributed by atoms with van der Waals surface area (Å²) in [5, 5.41) is -0.874. The van der Waals surface area contributed by atoms with Crippen molar-refractivity contribution >= 4 is 10.2 Å². The van der Waals surface area contributed by atoms with Gasteiger partial charge in [-0.2, -0.15) is 8.42 Å². The lowest BCUT2D eigenvalue weighted by molar-refractivity contribution is -0.0499. The van der Waals surface area contributed by atoms with Gasteiger partial charge in [0.15, 0.2) is 0 Å². The minimum Gasteiger partial charge on any atom is -0.375 e. The Hall–Kier alpha value is -0.160. The third kappa shape index (κ3) is 2.42. The maximum Gasteiger partial charge on any atom is 0.305 e. The molecule has 0 bridgehead atoms. The average Bonchev–Trinajstić information content (AvgIpc) is 1.83. The number of hydrogen-bond acceptors (Lipinski definition) is 3. The molecule has 72 valence electrons. The van der Waals surface area contributed by atoms with E-state index >= 15 is 0 Å². The Morgan fingerprint density at radius 1 is 1.50 bits per heavy atom. The Kier molecular flexibility index (Phi) is 2.45. The molecule has 1 atom stereocenters. The van der Waals surface area contributed by atoms with E-state index in [9.17, 15) is 12.3 Å². The van der Waals surface area contributed by atoms with Gasteiger partial charge in [-0.15, -0.1) is 3.89 Å². The number of ether oxygens (including phenoxy) is 1. The molecule has 0 saturated carbocycles. The Bertz CT molecular complexity index is 258. The van der Waals surface area contributed by atoms with Gasteiger partial charge in [-0.1, -0.05) is 0 Å². The van der Waals surface area contributed by atoms with Gasteiger partial charge >= 0.3 is 10.2 Å². The summed E-state index contributed by atoms with van der Waals surface area (Å²) >= 11 is 0. The fraction of sp³-hybridized carbons (Fsp3) is 1.00. The van der Waals surface area contributed by atoms with Crippen molar-refractivity contribution < 1.29 is 17.0 Å². The Morgan fingerprint density at radius 3 is 2.42 bits per heavy atom. The van der Waals surface area contributed by atoms with Gasteiger partial charge in [0.05, 0.1) is 10.9 Å². The van der Waals surface area contributed by atoms with Crippen LogP contribution >= 0.6 is 0 Å². The standard InChI is InChI=1S/C7H13FO3S/c1-7(2)5-6(3-4-11-7)12(8,9)10/h6H,3-5H2,1-2H3. The zero-order chi connectivity index (χ0) is 9.41. The first kappa shape index (κ1) is 9.92. The van der Waals surface area contributed by atoms with E-state index in [0.717, 1.165) is 0 Å². The summed E-state index contributed by atoms with van der Waals surface area (Å²) in [7, 11) is -4.38. The predicted molar refractivity (Wildman–Crippen MR) is 43.1 cm³/mol. The highest BCUT2D eigenvalue weighted by molar-refractivity contribution is 7.87. The topological polar surface area (TPSA) is 43.4 Å². The summed E-state index contributed by atoms with van der Waals surface area (Å²) in [6.07, 6.45) is 0.508. The van der Waals surface area contributed by atoms with Gasteiger partial charge in [0.1, 0.15) is 0 Å². The van der Waals surface area contributed by atoms with Crippen molar-refractivity contribution in [1.82, 2.24) is 0 Å². The summed E-state index contributed by atoms with van der Waals surface area (Å²) < 4.78 is 38.9. The molecule has 1 saturated heterocycles. The normalized spacial score (nSPS) is 30.1. The average molecular weight is 196 g/mol. The third-order valence-corrected chi connectivity index (χ3v) is 3.25. The van der Waals surface area contributed by atoms with Gasteiger partial charge in [-0.3, -0.25) is 0 Å². The summed E-state index contributed by atoms with van der Waals surface area (Å²) in [6.45, 7) is 3.86. The molecule has 0 aliphatic carbocycles. The van der Waals surface area contributed by atoms with E-state index in [0.29, 0.717) is 6.61 Å². The molecule has 1 aliphatic heterocycles. The Balaban J connectivity index is 2.71. The minimum absolute atomic E-state index is 0.242. The molecule has 0 aromatic carbocycles. The number of halogens is 1. The van der Waals surface area contributed by atoms with Crippen molar-refractivity contribution in [2.45, 2.75) is 37.5 Å². The van der Waals surface area contributed by atoms with Gasteiger partial charge in [0, 0.05) is 6.61 Å². The zero-order valence-corrected chi connectivity index (χ0v) is 8.03. The van der Waals surface area contributed by atoms with Crippen LogP contribution in [-0.4, -0.2) is 25.9 Å². The maximum atomic E-state index is 12.5. The molecule has 0 aromatic heterocycles. The quantitative estimate of drug-likeness (QED) is 0.593. The van der Waals surface area contributed by atoms with Gasteiger partial charge in [0.25, 0.3) is 0 Å². The van der Waals surface area contributed by atoms with E-state index in [1.54, 1.807) is 13.8 Å². The van der Waals surface area contributed by atoms with E-state index in [2.05, 4.69) is 0 Å². The highest BCUT2D eigenvalue weighted by Crippen LogP contribution is 2.28. The van der Waals surface area contributed by atoms with Crippen LogP contribution < -0.4 is 0 Å². The molecule has 1 heterocycles. The molecule has 0 radical (unpaired) electrons. The monoisotopic (exact) mass is 196 g/mol. The fourth-order valence-corrected chi connectivity index (χ4v) is 2.39. The van der Waals surface area contributed by atoms with Crippen LogP contribution in [0.25, 0.3) is 0 Å². The van der Waals surface area contributed by atoms with Gasteiger partial charge in [0.2, 0.25) is 0 Å². The van der Waals surface area contributed by atoms with Crippen LogP contribution in [0.5, 0.6) is 0 Å². The van der Waals surface area contributed by atoms with Gasteiger partial charge < -0.3 is 4.74 Å². The summed E-state index contributed by atoms with van der Waals surface area (Å²) in [4.78, 5) is 0. The molecule has 0 spiro atoms. The lowest BCUT2D eigenvalue weighted by atomic mass is 9.98. The molecule has 0 aromatic rings. The third-order valence-electron chi connectivity index (χ3n) is 2.05. The van der Waals surface area contributed by atoms with Crippen LogP contribution in [0.3, 0.4) is 0 Å². The van der Waals surface area contributed by atoms with Crippen molar-refractivity contribution in [3.05, 3.63) is 0 Å². The van der Waals surface area contributed by atoms with Crippen molar-refractivity contribution in [1.29, 1.82) is 0 Å². The maximum absolute atomic E-state index is 12.5. The molecule has 0 amide bonds. The second-order valence-corrected chi connectivity index (χ2v) is 5.32. The molecule has 1 rings (SSSR count). The van der Waals surface area contributed by atoms with E-state index in [1.165, 1.54) is 0 Å². The molecule has 1 fully saturated rings. The van der Waals surface area contributed by atoms with E-state index in [1.807, 2.05) is 0 Å². The highest BCUT2D eigenvalue weighted by atomic mass is 32.3. The first-order valence-electron chi connectivity index (χ1n) is 3.89. The Morgan fingerprint density at radius 2 is 2.08 bits per heavy atom. The van der Waals surface area contributed by atoms with Crippen LogP contribution in [0, 0.1) is 0 Å². The van der Waals surface area contributed by atoms with E-state index in [-0.39, 0.29) is 12.8 Å². The van der Waals surface area contributed by atoms with Gasteiger partial charge in [-0.05, 0) is 26.7 Å². The largest absolute Gasteiger partial charge is 0.375 e. The van der Waals surface area contributed by atoms with Gasteiger partial charge in [-0.25, -0.2) is 0 Å². The van der Waals surface area contributed by atoms with E-state index in [4.69, 9.17) is 4.74 Å². The molecule has 12 heavy (non-hydrogen) atoms. The van der Waals surface area contributed by atoms with Crippen molar-refractivity contribution in [3.8, 4) is 0 Å². The molecular weight excluding hydrogens is 183 g/mol. The summed E-state index contributed by atoms with van der Waals surface area (Å²) in [6, 6.07) is 0. The minimum atomic E-state index is -4.38. The van der Waals surface area contributed by atoms with Crippen LogP contribution in [0.4, 0.5) is 3.89 Å². The zero-order valence-electron chi connectivity index (χ0n) is 7.21. The molecule has 1 unspecified atom stereocenters. The van der Waals surface area contributed by atoms with Crippen molar-refractivity contribution in [3.63, 3.8) is 0 Å². The summed E-state index contributed by atoms with van der Waals surface area (Å²) in [5.41, 5.74) is -0.512. The second-order valence-electron chi connectivity index (χ2n) is 3.70.